The lowest BCUT2D eigenvalue weighted by atomic mass is 10.1. The summed E-state index contributed by atoms with van der Waals surface area (Å²) in [6.45, 7) is 19.1. The molecule has 3 aromatic carbocycles. The van der Waals surface area contributed by atoms with Gasteiger partial charge in [-0.1, -0.05) is 30.9 Å². The van der Waals surface area contributed by atoms with E-state index >= 15 is 0 Å². The number of fused-ring (bicyclic) bond motifs is 4. The summed E-state index contributed by atoms with van der Waals surface area (Å²) in [7, 11) is 3.11. The number of allylic oxidation sites excluding steroid dienone is 1. The van der Waals surface area contributed by atoms with Crippen molar-refractivity contribution in [2.75, 3.05) is 124 Å². The van der Waals surface area contributed by atoms with Crippen LogP contribution in [0.3, 0.4) is 0 Å². The summed E-state index contributed by atoms with van der Waals surface area (Å²) in [5, 5.41) is 14.2. The van der Waals surface area contributed by atoms with Crippen molar-refractivity contribution >= 4 is 53.1 Å². The van der Waals surface area contributed by atoms with Crippen LogP contribution in [0.1, 0.15) is 59.0 Å². The fraction of sp³-hybridized carbons (Fsp3) is 0.458. The number of rotatable bonds is 27. The molecule has 2 N–H and O–H groups in total. The van der Waals surface area contributed by atoms with E-state index in [1.165, 1.54) is 11.0 Å². The normalized spacial score (nSPS) is 19.5. The molecule has 21 heteroatoms. The van der Waals surface area contributed by atoms with Crippen molar-refractivity contribution in [1.82, 2.24) is 24.9 Å². The van der Waals surface area contributed by atoms with E-state index in [0.29, 0.717) is 150 Å². The molecular formula is C59H72N8O13. The first-order valence-electron chi connectivity index (χ1n) is 27.1. The number of piperazine rings is 1. The second-order valence-electron chi connectivity index (χ2n) is 20.2. The van der Waals surface area contributed by atoms with Gasteiger partial charge in [0.15, 0.2) is 23.0 Å². The largest absolute Gasteiger partial charge is 0.493 e. The van der Waals surface area contributed by atoms with Gasteiger partial charge in [-0.25, -0.2) is 0 Å². The number of carbonyl (C=O) groups excluding carboxylic acids is 4. The summed E-state index contributed by atoms with van der Waals surface area (Å²) in [6, 6.07) is 13.0. The Labute approximate surface area is 466 Å². The van der Waals surface area contributed by atoms with Gasteiger partial charge in [0.25, 0.3) is 11.8 Å². The first kappa shape index (κ1) is 57.3. The third-order valence-electron chi connectivity index (χ3n) is 14.6. The minimum Gasteiger partial charge on any atom is -0.493 e. The molecule has 0 bridgehead atoms. The summed E-state index contributed by atoms with van der Waals surface area (Å²) in [6.07, 6.45) is 7.68. The maximum Gasteiger partial charge on any atom is 0.257 e. The number of aliphatic hydroxyl groups excluding tert-OH is 1. The number of hydrogen-bond donors (Lipinski definition) is 2. The van der Waals surface area contributed by atoms with E-state index in [-0.39, 0.29) is 74.9 Å². The molecule has 21 nitrogen and oxygen atoms in total. The van der Waals surface area contributed by atoms with Crippen molar-refractivity contribution in [2.24, 2.45) is 9.98 Å². The topological polar surface area (TPSA) is 215 Å². The number of anilines is 1. The van der Waals surface area contributed by atoms with Crippen LogP contribution in [0.5, 0.6) is 23.0 Å². The molecule has 3 fully saturated rings. The number of methoxy groups -OCH3 is 2. The van der Waals surface area contributed by atoms with E-state index in [1.807, 2.05) is 22.1 Å². The van der Waals surface area contributed by atoms with Crippen LogP contribution in [-0.4, -0.2) is 192 Å². The highest BCUT2D eigenvalue weighted by Gasteiger charge is 2.36. The van der Waals surface area contributed by atoms with Gasteiger partial charge in [-0.05, 0) is 60.4 Å². The summed E-state index contributed by atoms with van der Waals surface area (Å²) in [5.74, 6) is 1.34. The van der Waals surface area contributed by atoms with Gasteiger partial charge in [0, 0.05) is 106 Å². The van der Waals surface area contributed by atoms with E-state index in [4.69, 9.17) is 47.9 Å². The van der Waals surface area contributed by atoms with Crippen LogP contribution >= 0.6 is 0 Å². The van der Waals surface area contributed by atoms with Crippen LogP contribution < -0.4 is 29.2 Å². The quantitative estimate of drug-likeness (QED) is 0.0741. The molecule has 6 aliphatic rings. The molecule has 6 aliphatic heterocycles. The standard InChI is InChI=1S/C59H72N8O13/c1-39-24-45-33-61-49-31-53(51(73-4)29-47(49)58(71)66(45)35-39)79-37-42-26-43(38-80-54-32-50-48(30-52(54)74-5)59(72)67-36-40(2)25-46(67)34-62-50)28-44(27-42)63-12-14-64(15-13-63)56(69)9-16-75-18-20-77-22-23-78-21-19-76-17-10-60-55(68)8-11-65-41(3)6-7-57(65)70/h6-7,26-34,45-46,58,71H,1-3,8-25,35-38H2,4-5H3,(H,60,68)/t45-,46-,58?/m0/s1. The molecule has 6 heterocycles. The van der Waals surface area contributed by atoms with E-state index in [1.54, 1.807) is 55.7 Å². The Morgan fingerprint density at radius 1 is 0.675 bits per heavy atom. The zero-order valence-corrected chi connectivity index (χ0v) is 45.7. The van der Waals surface area contributed by atoms with Crippen molar-refractivity contribution < 1.29 is 62.2 Å². The SMILES string of the molecule is C=C1C[C@H]2C=Nc3cc(OCc4cc(COc5cc6c(cc5OC)C(O)N5CC(=C)C[C@H]5C=N6)cc(N5CCN(C(=O)CCOCCOCCOCCOCCNC(=O)CCN6C(=C)C=CC6=O)CC5)c4)c(OC)cc3C(=O)N2C1. The summed E-state index contributed by atoms with van der Waals surface area (Å²) >= 11 is 0. The summed E-state index contributed by atoms with van der Waals surface area (Å²) < 4.78 is 47.0. The monoisotopic (exact) mass is 1100 g/mol. The van der Waals surface area contributed by atoms with Crippen molar-refractivity contribution in [1.29, 1.82) is 0 Å². The predicted octanol–water partition coefficient (Wildman–Crippen LogP) is 5.21. The highest BCUT2D eigenvalue weighted by atomic mass is 16.6. The van der Waals surface area contributed by atoms with E-state index < -0.39 is 6.23 Å². The van der Waals surface area contributed by atoms with E-state index in [9.17, 15) is 24.3 Å². The fourth-order valence-electron chi connectivity index (χ4n) is 10.4. The number of hydrogen-bond acceptors (Lipinski definition) is 17. The van der Waals surface area contributed by atoms with Crippen molar-refractivity contribution in [2.45, 2.75) is 57.2 Å². The highest BCUT2D eigenvalue weighted by Crippen LogP contribution is 2.43. The van der Waals surface area contributed by atoms with Crippen molar-refractivity contribution in [3.8, 4) is 23.0 Å². The van der Waals surface area contributed by atoms with Crippen molar-refractivity contribution in [3.63, 3.8) is 0 Å². The minimum absolute atomic E-state index is 0.0170. The molecule has 3 atom stereocenters. The first-order chi connectivity index (χ1) is 38.8. The van der Waals surface area contributed by atoms with E-state index in [0.717, 1.165) is 34.4 Å². The molecule has 3 aromatic rings. The van der Waals surface area contributed by atoms with Gasteiger partial charge in [-0.15, -0.1) is 0 Å². The Bertz CT molecular complexity index is 2880. The Morgan fingerprint density at radius 2 is 1.27 bits per heavy atom. The first-order valence-corrected chi connectivity index (χ1v) is 27.1. The second kappa shape index (κ2) is 27.2. The van der Waals surface area contributed by atoms with Crippen LogP contribution in [0.4, 0.5) is 17.1 Å². The van der Waals surface area contributed by atoms with Gasteiger partial charge in [0.1, 0.15) is 19.4 Å². The second-order valence-corrected chi connectivity index (χ2v) is 20.2. The Balaban J connectivity index is 0.739. The molecular weight excluding hydrogens is 1030 g/mol. The Hall–Kier alpha value is -7.40. The molecule has 4 amide bonds. The molecule has 0 aromatic heterocycles. The van der Waals surface area contributed by atoms with Crippen LogP contribution in [0, 0.1) is 0 Å². The molecule has 3 saturated heterocycles. The maximum atomic E-state index is 13.7. The average molecular weight is 1100 g/mol. The number of amides is 4. The Kier molecular flexibility index (Phi) is 19.5. The third kappa shape index (κ3) is 14.3. The number of ether oxygens (including phenoxy) is 8. The zero-order chi connectivity index (χ0) is 56.1. The van der Waals surface area contributed by atoms with Gasteiger partial charge in [-0.3, -0.25) is 34.1 Å². The minimum atomic E-state index is -0.886. The van der Waals surface area contributed by atoms with Gasteiger partial charge in [-0.2, -0.15) is 0 Å². The molecule has 0 radical (unpaired) electrons. The number of benzene rings is 3. The molecule has 0 spiro atoms. The van der Waals surface area contributed by atoms with Crippen LogP contribution in [0.15, 0.2) is 101 Å². The number of nitrogens with zero attached hydrogens (tertiary/aromatic N) is 7. The predicted molar refractivity (Wildman–Crippen MR) is 299 cm³/mol. The maximum absolute atomic E-state index is 13.7. The van der Waals surface area contributed by atoms with Crippen LogP contribution in [0.25, 0.3) is 0 Å². The Morgan fingerprint density at radius 3 is 1.94 bits per heavy atom. The molecule has 0 saturated carbocycles. The summed E-state index contributed by atoms with van der Waals surface area (Å²) in [5.41, 5.74) is 7.43. The highest BCUT2D eigenvalue weighted by molar-refractivity contribution is 6.04. The molecule has 426 valence electrons. The van der Waals surface area contributed by atoms with E-state index in [2.05, 4.69) is 42.1 Å². The van der Waals surface area contributed by atoms with Gasteiger partial charge in [0.05, 0.1) is 103 Å². The fourth-order valence-corrected chi connectivity index (χ4v) is 10.4. The number of aliphatic hydroxyl groups is 1. The van der Waals surface area contributed by atoms with Gasteiger partial charge >= 0.3 is 0 Å². The van der Waals surface area contributed by atoms with Gasteiger partial charge in [0.2, 0.25) is 11.8 Å². The van der Waals surface area contributed by atoms with Crippen LogP contribution in [-0.2, 0) is 46.5 Å². The lowest BCUT2D eigenvalue weighted by molar-refractivity contribution is -0.133. The molecule has 9 rings (SSSR count). The lowest BCUT2D eigenvalue weighted by Crippen LogP contribution is -2.49. The zero-order valence-electron chi connectivity index (χ0n) is 45.7. The smallest absolute Gasteiger partial charge is 0.257 e. The van der Waals surface area contributed by atoms with Crippen molar-refractivity contribution in [3.05, 3.63) is 113 Å². The number of carbonyl (C=O) groups is 4. The average Bonchev–Trinajstić information content (AvgIpc) is 4.12. The lowest BCUT2D eigenvalue weighted by Gasteiger charge is -2.36. The molecule has 80 heavy (non-hydrogen) atoms. The number of aliphatic imine (C=N–C) groups is 2. The third-order valence-corrected chi connectivity index (χ3v) is 14.6. The molecule has 1 unspecified atom stereocenters. The van der Waals surface area contributed by atoms with Gasteiger partial charge < -0.3 is 67.9 Å². The summed E-state index contributed by atoms with van der Waals surface area (Å²) in [4.78, 5) is 69.6. The molecule has 0 aliphatic carbocycles. The number of nitrogens with one attached hydrogen (secondary N) is 1. The van der Waals surface area contributed by atoms with Crippen LogP contribution in [0.2, 0.25) is 0 Å².